The Labute approximate surface area is 172 Å². The number of anilines is 1. The zero-order valence-corrected chi connectivity index (χ0v) is 17.0. The first-order chi connectivity index (χ1) is 14.0. The van der Waals surface area contributed by atoms with Crippen LogP contribution in [0.1, 0.15) is 38.0 Å². The predicted octanol–water partition coefficient (Wildman–Crippen LogP) is 2.96. The van der Waals surface area contributed by atoms with Crippen molar-refractivity contribution in [1.29, 1.82) is 0 Å². The Morgan fingerprint density at radius 3 is 2.69 bits per heavy atom. The van der Waals surface area contributed by atoms with E-state index < -0.39 is 0 Å². The fourth-order valence-corrected chi connectivity index (χ4v) is 3.89. The van der Waals surface area contributed by atoms with Crippen LogP contribution in [0.25, 0.3) is 0 Å². The molecule has 0 radical (unpaired) electrons. The van der Waals surface area contributed by atoms with Crippen LogP contribution in [0.5, 0.6) is 5.75 Å². The Kier molecular flexibility index (Phi) is 5.30. The van der Waals surface area contributed by atoms with Gasteiger partial charge in [0.25, 0.3) is 11.8 Å². The van der Waals surface area contributed by atoms with E-state index in [1.54, 1.807) is 47.9 Å². The maximum atomic E-state index is 12.9. The lowest BCUT2D eigenvalue weighted by Crippen LogP contribution is -2.31. The summed E-state index contributed by atoms with van der Waals surface area (Å²) in [6.45, 7) is 3.45. The van der Waals surface area contributed by atoms with Crippen LogP contribution in [-0.2, 0) is 13.1 Å². The first kappa shape index (κ1) is 19.1. The summed E-state index contributed by atoms with van der Waals surface area (Å²) in [6, 6.07) is 7.12. The Balaban J connectivity index is 1.54. The molecule has 2 aromatic heterocycles. The molecule has 8 nitrogen and oxygen atoms in total. The number of nitrogens with one attached hydrogen (secondary N) is 1. The van der Waals surface area contributed by atoms with Crippen molar-refractivity contribution in [3.8, 4) is 5.75 Å². The van der Waals surface area contributed by atoms with Crippen LogP contribution in [-0.4, -0.2) is 45.1 Å². The second-order valence-corrected chi connectivity index (χ2v) is 7.80. The number of fused-ring (bicyclic) bond motifs is 1. The molecule has 4 rings (SSSR count). The molecule has 9 heteroatoms. The molecule has 1 aromatic carbocycles. The molecule has 150 valence electrons. The van der Waals surface area contributed by atoms with E-state index >= 15 is 0 Å². The summed E-state index contributed by atoms with van der Waals surface area (Å²) < 4.78 is 6.95. The average molecular weight is 411 g/mol. The number of hydrogen-bond donors (Lipinski definition) is 1. The molecule has 0 bridgehead atoms. The highest BCUT2D eigenvalue weighted by Gasteiger charge is 2.26. The van der Waals surface area contributed by atoms with E-state index in [0.717, 1.165) is 17.1 Å². The predicted molar refractivity (Wildman–Crippen MR) is 109 cm³/mol. The van der Waals surface area contributed by atoms with Gasteiger partial charge in [0.2, 0.25) is 0 Å². The molecule has 0 saturated carbocycles. The first-order valence-corrected chi connectivity index (χ1v) is 10.1. The molecule has 1 aliphatic rings. The lowest BCUT2D eigenvalue weighted by Gasteiger charge is -2.19. The molecule has 0 fully saturated rings. The minimum atomic E-state index is -0.254. The minimum absolute atomic E-state index is 0.120. The van der Waals surface area contributed by atoms with Gasteiger partial charge in [0.05, 0.1) is 36.1 Å². The molecular formula is C20H21N5O3S. The van der Waals surface area contributed by atoms with Gasteiger partial charge in [-0.15, -0.1) is 11.3 Å². The van der Waals surface area contributed by atoms with Crippen LogP contribution < -0.4 is 10.1 Å². The van der Waals surface area contributed by atoms with Crippen molar-refractivity contribution >= 4 is 28.8 Å². The summed E-state index contributed by atoms with van der Waals surface area (Å²) >= 11 is 1.45. The first-order valence-electron chi connectivity index (χ1n) is 9.26. The highest BCUT2D eigenvalue weighted by Crippen LogP contribution is 2.21. The van der Waals surface area contributed by atoms with Crippen molar-refractivity contribution in [2.75, 3.05) is 19.0 Å². The second kappa shape index (κ2) is 8.04. The van der Waals surface area contributed by atoms with Crippen molar-refractivity contribution in [2.45, 2.75) is 26.4 Å². The van der Waals surface area contributed by atoms with Gasteiger partial charge in [-0.2, -0.15) is 5.10 Å². The molecule has 0 saturated heterocycles. The molecular weight excluding hydrogens is 390 g/mol. The van der Waals surface area contributed by atoms with Crippen molar-refractivity contribution in [3.63, 3.8) is 0 Å². The summed E-state index contributed by atoms with van der Waals surface area (Å²) in [6.07, 6.45) is 2.33. The zero-order chi connectivity index (χ0) is 20.4. The van der Waals surface area contributed by atoms with Crippen molar-refractivity contribution in [1.82, 2.24) is 19.7 Å². The van der Waals surface area contributed by atoms with Gasteiger partial charge in [0, 0.05) is 24.2 Å². The second-order valence-electron chi connectivity index (χ2n) is 6.74. The standard InChI is InChI=1S/C20H21N5O3S/c1-13-22-17(12-29-13)20(27)24-8-3-9-25-18(11-24)16(10-21-25)19(26)23-14-4-6-15(28-2)7-5-14/h4-7,10,12H,3,8-9,11H2,1-2H3,(H,23,26). The molecule has 0 atom stereocenters. The third-order valence-corrected chi connectivity index (χ3v) is 5.58. The number of hydrogen-bond acceptors (Lipinski definition) is 6. The van der Waals surface area contributed by atoms with Crippen molar-refractivity contribution < 1.29 is 14.3 Å². The highest BCUT2D eigenvalue weighted by atomic mass is 32.1. The third kappa shape index (κ3) is 4.00. The Morgan fingerprint density at radius 1 is 1.21 bits per heavy atom. The maximum Gasteiger partial charge on any atom is 0.273 e. The molecule has 0 unspecified atom stereocenters. The summed E-state index contributed by atoms with van der Waals surface area (Å²) in [5, 5.41) is 9.87. The Bertz CT molecular complexity index is 1040. The third-order valence-electron chi connectivity index (χ3n) is 4.81. The Morgan fingerprint density at radius 2 is 2.00 bits per heavy atom. The minimum Gasteiger partial charge on any atom is -0.497 e. The van der Waals surface area contributed by atoms with Crippen LogP contribution in [0.4, 0.5) is 5.69 Å². The summed E-state index contributed by atoms with van der Waals surface area (Å²) in [7, 11) is 1.59. The van der Waals surface area contributed by atoms with Gasteiger partial charge in [-0.1, -0.05) is 0 Å². The van der Waals surface area contributed by atoms with E-state index in [2.05, 4.69) is 15.4 Å². The smallest absolute Gasteiger partial charge is 0.273 e. The van der Waals surface area contributed by atoms with Crippen molar-refractivity contribution in [3.05, 3.63) is 57.8 Å². The van der Waals surface area contributed by atoms with Crippen LogP contribution >= 0.6 is 11.3 Å². The van der Waals surface area contributed by atoms with Crippen LogP contribution in [0, 0.1) is 6.92 Å². The summed E-state index contributed by atoms with van der Waals surface area (Å²) in [5.41, 5.74) is 2.31. The van der Waals surface area contributed by atoms with Crippen molar-refractivity contribution in [2.24, 2.45) is 0 Å². The van der Waals surface area contributed by atoms with Gasteiger partial charge in [-0.05, 0) is 37.6 Å². The molecule has 2 amide bonds. The van der Waals surface area contributed by atoms with Gasteiger partial charge in [0.15, 0.2) is 0 Å². The lowest BCUT2D eigenvalue weighted by atomic mass is 10.2. The molecule has 3 aromatic rings. The fourth-order valence-electron chi connectivity index (χ4n) is 3.30. The molecule has 3 heterocycles. The molecule has 1 N–H and O–H groups in total. The van der Waals surface area contributed by atoms with Gasteiger partial charge in [0.1, 0.15) is 11.4 Å². The number of thiazole rings is 1. The SMILES string of the molecule is COc1ccc(NC(=O)c2cnn3c2CN(C(=O)c2csc(C)n2)CCC3)cc1. The number of amides is 2. The van der Waals surface area contributed by atoms with E-state index in [0.29, 0.717) is 42.3 Å². The van der Waals surface area contributed by atoms with Crippen LogP contribution in [0.2, 0.25) is 0 Å². The van der Waals surface area contributed by atoms with E-state index in [-0.39, 0.29) is 11.8 Å². The number of carbonyl (C=O) groups is 2. The van der Waals surface area contributed by atoms with Gasteiger partial charge in [-0.3, -0.25) is 14.3 Å². The quantitative estimate of drug-likeness (QED) is 0.713. The largest absolute Gasteiger partial charge is 0.497 e. The summed E-state index contributed by atoms with van der Waals surface area (Å²) in [4.78, 5) is 31.8. The molecule has 0 spiro atoms. The number of aromatic nitrogens is 3. The normalized spacial score (nSPS) is 13.5. The lowest BCUT2D eigenvalue weighted by molar-refractivity contribution is 0.0738. The van der Waals surface area contributed by atoms with Gasteiger partial charge < -0.3 is 15.0 Å². The molecule has 29 heavy (non-hydrogen) atoms. The van der Waals surface area contributed by atoms with Gasteiger partial charge in [-0.25, -0.2) is 4.98 Å². The fraction of sp³-hybridized carbons (Fsp3) is 0.300. The van der Waals surface area contributed by atoms with Crippen LogP contribution in [0.3, 0.4) is 0 Å². The number of carbonyl (C=O) groups excluding carboxylic acids is 2. The van der Waals surface area contributed by atoms with E-state index in [9.17, 15) is 9.59 Å². The highest BCUT2D eigenvalue weighted by molar-refractivity contribution is 7.09. The summed E-state index contributed by atoms with van der Waals surface area (Å²) in [5.74, 6) is 0.342. The monoisotopic (exact) mass is 411 g/mol. The van der Waals surface area contributed by atoms with E-state index in [1.165, 1.54) is 11.3 Å². The number of aryl methyl sites for hydroxylation is 2. The average Bonchev–Trinajstić information content (AvgIpc) is 3.28. The number of methoxy groups -OCH3 is 1. The zero-order valence-electron chi connectivity index (χ0n) is 16.2. The Hall–Kier alpha value is -3.20. The maximum absolute atomic E-state index is 12.9. The number of benzene rings is 1. The van der Waals surface area contributed by atoms with Crippen LogP contribution in [0.15, 0.2) is 35.8 Å². The number of ether oxygens (including phenoxy) is 1. The molecule has 0 aliphatic carbocycles. The number of nitrogens with zero attached hydrogens (tertiary/aromatic N) is 4. The number of rotatable bonds is 4. The molecule has 1 aliphatic heterocycles. The van der Waals surface area contributed by atoms with E-state index in [1.807, 2.05) is 11.6 Å². The van der Waals surface area contributed by atoms with E-state index in [4.69, 9.17) is 4.74 Å². The topological polar surface area (TPSA) is 89.4 Å². The van der Waals surface area contributed by atoms with Gasteiger partial charge >= 0.3 is 0 Å².